The standard InChI is InChI=1S/C8H12ClO3P/c1-3-7-6-12-13(10,11-4-2)8(7)5-9/h3,5,7H,1,4,6H2,2H3/b8-5+. The topological polar surface area (TPSA) is 35.5 Å². The van der Waals surface area contributed by atoms with Gasteiger partial charge in [-0.3, -0.25) is 4.57 Å². The summed E-state index contributed by atoms with van der Waals surface area (Å²) in [7, 11) is -3.09. The Kier molecular flexibility index (Phi) is 3.74. The van der Waals surface area contributed by atoms with Crippen molar-refractivity contribution in [2.45, 2.75) is 6.92 Å². The van der Waals surface area contributed by atoms with Gasteiger partial charge in [0.05, 0.1) is 18.5 Å². The van der Waals surface area contributed by atoms with Crippen LogP contribution in [0.4, 0.5) is 0 Å². The van der Waals surface area contributed by atoms with Gasteiger partial charge >= 0.3 is 7.60 Å². The maximum Gasteiger partial charge on any atom is 0.358 e. The predicted octanol–water partition coefficient (Wildman–Crippen LogP) is 3.13. The second-order valence-corrected chi connectivity index (χ2v) is 4.83. The molecule has 0 radical (unpaired) electrons. The summed E-state index contributed by atoms with van der Waals surface area (Å²) < 4.78 is 22.1. The summed E-state index contributed by atoms with van der Waals surface area (Å²) >= 11 is 5.56. The molecule has 13 heavy (non-hydrogen) atoms. The van der Waals surface area contributed by atoms with E-state index in [0.717, 1.165) is 0 Å². The molecule has 2 atom stereocenters. The summed E-state index contributed by atoms with van der Waals surface area (Å²) in [5.74, 6) is -0.0881. The molecular weight excluding hydrogens is 211 g/mol. The highest BCUT2D eigenvalue weighted by Crippen LogP contribution is 2.63. The molecule has 1 saturated heterocycles. The van der Waals surface area contributed by atoms with Crippen LogP contribution < -0.4 is 0 Å². The number of halogens is 1. The maximum atomic E-state index is 11.9. The summed E-state index contributed by atoms with van der Waals surface area (Å²) in [5.41, 5.74) is 1.27. The molecule has 1 heterocycles. The first-order valence-corrected chi connectivity index (χ1v) is 5.98. The van der Waals surface area contributed by atoms with E-state index in [1.807, 2.05) is 0 Å². The van der Waals surface area contributed by atoms with Crippen LogP contribution in [0.25, 0.3) is 0 Å². The Bertz CT molecular complexity index is 275. The van der Waals surface area contributed by atoms with Crippen LogP contribution in [0.3, 0.4) is 0 Å². The lowest BCUT2D eigenvalue weighted by Crippen LogP contribution is -1.95. The highest BCUT2D eigenvalue weighted by molar-refractivity contribution is 7.58. The third-order valence-corrected chi connectivity index (χ3v) is 4.38. The minimum atomic E-state index is -3.09. The SMILES string of the molecule is C=CC1COP(=O)(OCC)/C1=C/Cl. The zero-order valence-electron chi connectivity index (χ0n) is 7.40. The van der Waals surface area contributed by atoms with Crippen LogP contribution in [0.5, 0.6) is 0 Å². The van der Waals surface area contributed by atoms with Crippen molar-refractivity contribution >= 4 is 19.2 Å². The first kappa shape index (κ1) is 11.0. The van der Waals surface area contributed by atoms with Crippen molar-refractivity contribution in [3.8, 4) is 0 Å². The molecule has 0 aliphatic carbocycles. The van der Waals surface area contributed by atoms with Crippen molar-refractivity contribution in [2.24, 2.45) is 5.92 Å². The van der Waals surface area contributed by atoms with Gasteiger partial charge in [-0.1, -0.05) is 17.7 Å². The van der Waals surface area contributed by atoms with E-state index in [0.29, 0.717) is 18.5 Å². The second-order valence-electron chi connectivity index (χ2n) is 2.59. The van der Waals surface area contributed by atoms with Gasteiger partial charge in [-0.25, -0.2) is 0 Å². The predicted molar refractivity (Wildman–Crippen MR) is 52.8 cm³/mol. The van der Waals surface area contributed by atoms with Crippen molar-refractivity contribution in [1.82, 2.24) is 0 Å². The van der Waals surface area contributed by atoms with Crippen LogP contribution in [0.1, 0.15) is 6.92 Å². The molecule has 0 bridgehead atoms. The molecule has 74 valence electrons. The molecule has 0 saturated carbocycles. The number of hydrogen-bond acceptors (Lipinski definition) is 3. The average Bonchev–Trinajstić information content (AvgIpc) is 2.42. The highest BCUT2D eigenvalue weighted by atomic mass is 35.5. The largest absolute Gasteiger partial charge is 0.358 e. The van der Waals surface area contributed by atoms with Crippen molar-refractivity contribution in [3.05, 3.63) is 23.5 Å². The Morgan fingerprint density at radius 2 is 2.62 bits per heavy atom. The van der Waals surface area contributed by atoms with Crippen LogP contribution in [0.2, 0.25) is 0 Å². The molecule has 1 rings (SSSR count). The quantitative estimate of drug-likeness (QED) is 0.544. The zero-order chi connectivity index (χ0) is 9.90. The first-order chi connectivity index (χ1) is 6.18. The lowest BCUT2D eigenvalue weighted by molar-refractivity contribution is 0.234. The highest BCUT2D eigenvalue weighted by Gasteiger charge is 2.41. The minimum Gasteiger partial charge on any atom is -0.306 e. The van der Waals surface area contributed by atoms with Gasteiger partial charge in [-0.2, -0.15) is 0 Å². The normalized spacial score (nSPS) is 36.8. The van der Waals surface area contributed by atoms with Crippen LogP contribution in [0.15, 0.2) is 23.5 Å². The van der Waals surface area contributed by atoms with Gasteiger partial charge in [0.15, 0.2) is 0 Å². The van der Waals surface area contributed by atoms with Crippen LogP contribution in [-0.2, 0) is 13.6 Å². The third kappa shape index (κ3) is 2.05. The smallest absolute Gasteiger partial charge is 0.306 e. The van der Waals surface area contributed by atoms with E-state index in [2.05, 4.69) is 6.58 Å². The Labute approximate surface area is 82.9 Å². The molecule has 3 nitrogen and oxygen atoms in total. The van der Waals surface area contributed by atoms with Gasteiger partial charge in [0.25, 0.3) is 0 Å². The van der Waals surface area contributed by atoms with Gasteiger partial charge in [0, 0.05) is 11.5 Å². The molecule has 0 aromatic heterocycles. The van der Waals surface area contributed by atoms with Gasteiger partial charge < -0.3 is 9.05 Å². The Morgan fingerprint density at radius 1 is 1.92 bits per heavy atom. The molecule has 5 heteroatoms. The van der Waals surface area contributed by atoms with Gasteiger partial charge in [-0.05, 0) is 6.92 Å². The maximum absolute atomic E-state index is 11.9. The fourth-order valence-electron chi connectivity index (χ4n) is 1.15. The first-order valence-electron chi connectivity index (χ1n) is 4.00. The Balaban J connectivity index is 2.91. The Hall–Kier alpha value is -0.0800. The van der Waals surface area contributed by atoms with Crippen molar-refractivity contribution < 1.29 is 13.6 Å². The molecule has 1 aliphatic rings. The van der Waals surface area contributed by atoms with Gasteiger partial charge in [0.1, 0.15) is 0 Å². The van der Waals surface area contributed by atoms with Crippen molar-refractivity contribution in [2.75, 3.05) is 13.2 Å². The van der Waals surface area contributed by atoms with E-state index in [1.165, 1.54) is 5.54 Å². The van der Waals surface area contributed by atoms with Crippen LogP contribution in [0, 0.1) is 5.92 Å². The van der Waals surface area contributed by atoms with Crippen LogP contribution in [-0.4, -0.2) is 13.2 Å². The molecule has 1 aliphatic heterocycles. The number of hydrogen-bond donors (Lipinski definition) is 0. The molecule has 0 amide bonds. The fraction of sp³-hybridized carbons (Fsp3) is 0.500. The molecule has 0 spiro atoms. The Morgan fingerprint density at radius 3 is 3.08 bits per heavy atom. The van der Waals surface area contributed by atoms with Crippen LogP contribution >= 0.6 is 19.2 Å². The third-order valence-electron chi connectivity index (χ3n) is 1.82. The second kappa shape index (κ2) is 4.43. The molecule has 0 N–H and O–H groups in total. The zero-order valence-corrected chi connectivity index (χ0v) is 9.05. The fourth-order valence-corrected chi connectivity index (χ4v) is 3.45. The van der Waals surface area contributed by atoms with Crippen molar-refractivity contribution in [1.29, 1.82) is 0 Å². The lowest BCUT2D eigenvalue weighted by Gasteiger charge is -2.11. The molecule has 1 fully saturated rings. The molecule has 0 aromatic carbocycles. The van der Waals surface area contributed by atoms with Gasteiger partial charge in [-0.15, -0.1) is 6.58 Å². The van der Waals surface area contributed by atoms with E-state index in [-0.39, 0.29) is 5.92 Å². The lowest BCUT2D eigenvalue weighted by atomic mass is 10.1. The summed E-state index contributed by atoms with van der Waals surface area (Å²) in [6.07, 6.45) is 1.66. The van der Waals surface area contributed by atoms with E-state index in [1.54, 1.807) is 13.0 Å². The summed E-state index contributed by atoms with van der Waals surface area (Å²) in [6, 6.07) is 0. The van der Waals surface area contributed by atoms with Crippen molar-refractivity contribution in [3.63, 3.8) is 0 Å². The average molecular weight is 223 g/mol. The molecule has 0 aromatic rings. The minimum absolute atomic E-state index is 0.0881. The summed E-state index contributed by atoms with van der Waals surface area (Å²) in [6.45, 7) is 6.05. The summed E-state index contributed by atoms with van der Waals surface area (Å²) in [4.78, 5) is 0. The monoisotopic (exact) mass is 222 g/mol. The van der Waals surface area contributed by atoms with Gasteiger partial charge in [0.2, 0.25) is 0 Å². The van der Waals surface area contributed by atoms with E-state index >= 15 is 0 Å². The molecule has 2 unspecified atom stereocenters. The summed E-state index contributed by atoms with van der Waals surface area (Å²) in [5, 5.41) is 0.506. The van der Waals surface area contributed by atoms with E-state index in [4.69, 9.17) is 20.6 Å². The number of rotatable bonds is 3. The van der Waals surface area contributed by atoms with E-state index < -0.39 is 7.60 Å². The molecular formula is C8H12ClO3P. The van der Waals surface area contributed by atoms with E-state index in [9.17, 15) is 4.57 Å².